The summed E-state index contributed by atoms with van der Waals surface area (Å²) in [6.07, 6.45) is -0.116. The van der Waals surface area contributed by atoms with E-state index in [0.29, 0.717) is 29.2 Å². The molecule has 108 valence electrons. The lowest BCUT2D eigenvalue weighted by molar-refractivity contribution is 0.172. The maximum Gasteiger partial charge on any atom is 0.203 e. The molecule has 1 heterocycles. The molecule has 0 amide bonds. The van der Waals surface area contributed by atoms with Crippen molar-refractivity contribution in [1.29, 1.82) is 0 Å². The van der Waals surface area contributed by atoms with E-state index in [0.717, 1.165) is 5.56 Å². The summed E-state index contributed by atoms with van der Waals surface area (Å²) < 4.78 is 15.9. The van der Waals surface area contributed by atoms with Crippen molar-refractivity contribution < 1.29 is 19.3 Å². The Kier molecular flexibility index (Phi) is 4.87. The van der Waals surface area contributed by atoms with Gasteiger partial charge in [-0.25, -0.2) is 0 Å². The maximum atomic E-state index is 10.4. The van der Waals surface area contributed by atoms with Crippen LogP contribution in [0.1, 0.15) is 17.2 Å². The summed E-state index contributed by atoms with van der Waals surface area (Å²) in [5, 5.41) is 14.4. The number of thiophene rings is 1. The molecule has 1 atom stereocenters. The summed E-state index contributed by atoms with van der Waals surface area (Å²) in [5.41, 5.74) is 1.79. The first kappa shape index (κ1) is 14.7. The van der Waals surface area contributed by atoms with Gasteiger partial charge >= 0.3 is 0 Å². The lowest BCUT2D eigenvalue weighted by Gasteiger charge is -2.18. The number of benzene rings is 1. The molecule has 0 fully saturated rings. The van der Waals surface area contributed by atoms with Crippen molar-refractivity contribution in [2.45, 2.75) is 12.5 Å². The highest BCUT2D eigenvalue weighted by Gasteiger charge is 2.21. The average molecular weight is 294 g/mol. The largest absolute Gasteiger partial charge is 0.493 e. The molecule has 0 aliphatic heterocycles. The van der Waals surface area contributed by atoms with Gasteiger partial charge in [0.25, 0.3) is 0 Å². The second-order valence-electron chi connectivity index (χ2n) is 4.28. The number of methoxy groups -OCH3 is 3. The monoisotopic (exact) mass is 294 g/mol. The van der Waals surface area contributed by atoms with Crippen molar-refractivity contribution >= 4 is 11.3 Å². The quantitative estimate of drug-likeness (QED) is 0.889. The molecule has 2 aromatic rings. The summed E-state index contributed by atoms with van der Waals surface area (Å²) >= 11 is 1.61. The molecule has 0 saturated carbocycles. The van der Waals surface area contributed by atoms with Crippen LogP contribution in [0, 0.1) is 0 Å². The number of ether oxygens (including phenoxy) is 3. The van der Waals surface area contributed by atoms with Crippen LogP contribution in [0.15, 0.2) is 29.0 Å². The molecular weight excluding hydrogens is 276 g/mol. The summed E-state index contributed by atoms with van der Waals surface area (Å²) in [6.45, 7) is 0. The van der Waals surface area contributed by atoms with Crippen molar-refractivity contribution in [3.05, 3.63) is 40.1 Å². The summed E-state index contributed by atoms with van der Waals surface area (Å²) in [7, 11) is 4.67. The molecule has 0 bridgehead atoms. The molecule has 1 aromatic carbocycles. The van der Waals surface area contributed by atoms with Crippen molar-refractivity contribution in [2.24, 2.45) is 0 Å². The Balaban J connectivity index is 2.35. The second-order valence-corrected chi connectivity index (χ2v) is 5.06. The van der Waals surface area contributed by atoms with Gasteiger partial charge in [-0.3, -0.25) is 0 Å². The average Bonchev–Trinajstić information content (AvgIpc) is 2.98. The fourth-order valence-corrected chi connectivity index (χ4v) is 2.81. The first-order valence-electron chi connectivity index (χ1n) is 6.19. The predicted octanol–water partition coefficient (Wildman–Crippen LogP) is 3.05. The molecule has 1 unspecified atom stereocenters. The topological polar surface area (TPSA) is 47.9 Å². The highest BCUT2D eigenvalue weighted by atomic mass is 32.1. The minimum atomic E-state index is -0.653. The van der Waals surface area contributed by atoms with Crippen LogP contribution in [0.5, 0.6) is 17.2 Å². The van der Waals surface area contributed by atoms with E-state index in [1.54, 1.807) is 44.8 Å². The number of aliphatic hydroxyl groups is 1. The molecule has 0 aliphatic carbocycles. The Hall–Kier alpha value is -1.72. The van der Waals surface area contributed by atoms with E-state index in [-0.39, 0.29) is 0 Å². The molecule has 0 spiro atoms. The maximum absolute atomic E-state index is 10.4. The number of hydrogen-bond donors (Lipinski definition) is 1. The second kappa shape index (κ2) is 6.63. The standard InChI is InChI=1S/C15H18O4S/c1-17-13-5-4-11(14(18-2)15(13)19-3)12(16)8-10-6-7-20-9-10/h4-7,9,12,16H,8H2,1-3H3. The molecule has 1 aromatic heterocycles. The minimum Gasteiger partial charge on any atom is -0.493 e. The van der Waals surface area contributed by atoms with Gasteiger partial charge in [-0.05, 0) is 34.5 Å². The van der Waals surface area contributed by atoms with Crippen LogP contribution in [-0.2, 0) is 6.42 Å². The van der Waals surface area contributed by atoms with Crippen molar-refractivity contribution in [3.63, 3.8) is 0 Å². The van der Waals surface area contributed by atoms with Crippen LogP contribution in [-0.4, -0.2) is 26.4 Å². The van der Waals surface area contributed by atoms with Gasteiger partial charge in [0.15, 0.2) is 11.5 Å². The molecule has 0 saturated heterocycles. The van der Waals surface area contributed by atoms with Gasteiger partial charge in [0.2, 0.25) is 5.75 Å². The van der Waals surface area contributed by atoms with Crippen LogP contribution in [0.4, 0.5) is 0 Å². The molecule has 5 heteroatoms. The van der Waals surface area contributed by atoms with Crippen LogP contribution < -0.4 is 14.2 Å². The Labute approximate surface area is 122 Å². The number of rotatable bonds is 6. The third-order valence-electron chi connectivity index (χ3n) is 3.10. The Bertz CT molecular complexity index is 551. The van der Waals surface area contributed by atoms with Gasteiger partial charge in [-0.15, -0.1) is 0 Å². The SMILES string of the molecule is COc1ccc(C(O)Cc2ccsc2)c(OC)c1OC. The first-order chi connectivity index (χ1) is 9.71. The van der Waals surface area contributed by atoms with Crippen LogP contribution in [0.25, 0.3) is 0 Å². The zero-order valence-electron chi connectivity index (χ0n) is 11.8. The summed E-state index contributed by atoms with van der Waals surface area (Å²) in [6, 6.07) is 5.58. The highest BCUT2D eigenvalue weighted by molar-refractivity contribution is 7.07. The fraction of sp³-hybridized carbons (Fsp3) is 0.333. The van der Waals surface area contributed by atoms with Crippen molar-refractivity contribution in [2.75, 3.05) is 21.3 Å². The van der Waals surface area contributed by atoms with Gasteiger partial charge in [-0.2, -0.15) is 11.3 Å². The van der Waals surface area contributed by atoms with E-state index in [4.69, 9.17) is 14.2 Å². The van der Waals surface area contributed by atoms with Crippen molar-refractivity contribution in [3.8, 4) is 17.2 Å². The number of aliphatic hydroxyl groups excluding tert-OH is 1. The van der Waals surface area contributed by atoms with Crippen LogP contribution in [0.3, 0.4) is 0 Å². The Morgan fingerprint density at radius 3 is 2.35 bits per heavy atom. The molecule has 0 radical (unpaired) electrons. The van der Waals surface area contributed by atoms with E-state index in [9.17, 15) is 5.11 Å². The van der Waals surface area contributed by atoms with E-state index < -0.39 is 6.10 Å². The van der Waals surface area contributed by atoms with E-state index >= 15 is 0 Å². The van der Waals surface area contributed by atoms with Crippen molar-refractivity contribution in [1.82, 2.24) is 0 Å². The van der Waals surface area contributed by atoms with E-state index in [1.165, 1.54) is 0 Å². The molecule has 20 heavy (non-hydrogen) atoms. The normalized spacial score (nSPS) is 12.0. The molecule has 4 nitrogen and oxygen atoms in total. The van der Waals surface area contributed by atoms with Crippen LogP contribution >= 0.6 is 11.3 Å². The lowest BCUT2D eigenvalue weighted by Crippen LogP contribution is -2.05. The third kappa shape index (κ3) is 2.89. The molecule has 1 N–H and O–H groups in total. The first-order valence-corrected chi connectivity index (χ1v) is 7.13. The third-order valence-corrected chi connectivity index (χ3v) is 3.83. The Morgan fingerprint density at radius 2 is 1.80 bits per heavy atom. The smallest absolute Gasteiger partial charge is 0.203 e. The van der Waals surface area contributed by atoms with Gasteiger partial charge in [0, 0.05) is 12.0 Å². The van der Waals surface area contributed by atoms with Gasteiger partial charge in [-0.1, -0.05) is 0 Å². The number of hydrogen-bond acceptors (Lipinski definition) is 5. The van der Waals surface area contributed by atoms with Crippen LogP contribution in [0.2, 0.25) is 0 Å². The Morgan fingerprint density at radius 1 is 1.05 bits per heavy atom. The fourth-order valence-electron chi connectivity index (χ4n) is 2.13. The van der Waals surface area contributed by atoms with Gasteiger partial charge in [0.05, 0.1) is 27.4 Å². The minimum absolute atomic E-state index is 0.497. The zero-order chi connectivity index (χ0) is 14.5. The highest BCUT2D eigenvalue weighted by Crippen LogP contribution is 2.42. The van der Waals surface area contributed by atoms with E-state index in [1.807, 2.05) is 16.8 Å². The van der Waals surface area contributed by atoms with E-state index in [2.05, 4.69) is 0 Å². The summed E-state index contributed by atoms with van der Waals surface area (Å²) in [5.74, 6) is 1.59. The van der Waals surface area contributed by atoms with Gasteiger partial charge in [0.1, 0.15) is 0 Å². The van der Waals surface area contributed by atoms with Gasteiger partial charge < -0.3 is 19.3 Å². The molecule has 2 rings (SSSR count). The zero-order valence-corrected chi connectivity index (χ0v) is 12.6. The summed E-state index contributed by atoms with van der Waals surface area (Å²) in [4.78, 5) is 0. The lowest BCUT2D eigenvalue weighted by atomic mass is 10.0. The molecular formula is C15H18O4S. The molecule has 0 aliphatic rings. The predicted molar refractivity (Wildman–Crippen MR) is 79.1 cm³/mol.